The van der Waals surface area contributed by atoms with Gasteiger partial charge < -0.3 is 4.74 Å². The summed E-state index contributed by atoms with van der Waals surface area (Å²) >= 11 is 0. The molecule has 6 heteroatoms. The van der Waals surface area contributed by atoms with E-state index in [1.54, 1.807) is 10.6 Å². The van der Waals surface area contributed by atoms with Crippen LogP contribution in [-0.4, -0.2) is 22.2 Å². The zero-order valence-electron chi connectivity index (χ0n) is 18.0. The molecule has 31 heavy (non-hydrogen) atoms. The summed E-state index contributed by atoms with van der Waals surface area (Å²) in [7, 11) is 0. The molecule has 0 unspecified atom stereocenters. The van der Waals surface area contributed by atoms with Gasteiger partial charge in [0.25, 0.3) is 5.56 Å². The highest BCUT2D eigenvalue weighted by molar-refractivity contribution is 5.87. The van der Waals surface area contributed by atoms with Crippen LogP contribution in [-0.2, 0) is 16.8 Å². The van der Waals surface area contributed by atoms with Crippen LogP contribution in [0.25, 0.3) is 0 Å². The first kappa shape index (κ1) is 22.3. The zero-order valence-corrected chi connectivity index (χ0v) is 18.0. The van der Waals surface area contributed by atoms with Crippen molar-refractivity contribution in [3.63, 3.8) is 0 Å². The van der Waals surface area contributed by atoms with Crippen LogP contribution in [0.5, 0.6) is 0 Å². The van der Waals surface area contributed by atoms with Gasteiger partial charge in [0.05, 0.1) is 6.20 Å². The summed E-state index contributed by atoms with van der Waals surface area (Å²) in [5.41, 5.74) is 0.482. The van der Waals surface area contributed by atoms with Crippen molar-refractivity contribution in [1.29, 1.82) is 0 Å². The summed E-state index contributed by atoms with van der Waals surface area (Å²) in [5, 5.41) is 0. The van der Waals surface area contributed by atoms with Gasteiger partial charge >= 0.3 is 6.09 Å². The highest BCUT2D eigenvalue weighted by atomic mass is 16.6. The molecule has 0 radical (unpaired) electrons. The Morgan fingerprint density at radius 2 is 1.90 bits per heavy atom. The summed E-state index contributed by atoms with van der Waals surface area (Å²) in [6, 6.07) is 9.34. The number of anilines is 1. The molecular weight excluding hydrogens is 390 g/mol. The maximum Gasteiger partial charge on any atom is 0.415 e. The van der Waals surface area contributed by atoms with Crippen molar-refractivity contribution in [3.05, 3.63) is 96.2 Å². The normalized spacial score (nSPS) is 16.2. The number of hydrogen-bond acceptors (Lipinski definition) is 4. The van der Waals surface area contributed by atoms with Crippen LogP contribution in [0.2, 0.25) is 0 Å². The van der Waals surface area contributed by atoms with E-state index in [2.05, 4.69) is 24.7 Å². The highest BCUT2D eigenvalue weighted by Gasteiger charge is 2.43. The number of aromatic nitrogens is 2. The van der Waals surface area contributed by atoms with Gasteiger partial charge in [0.15, 0.2) is 0 Å². The summed E-state index contributed by atoms with van der Waals surface area (Å²) in [5.74, 6) is 0.713. The third-order valence-electron chi connectivity index (χ3n) is 5.67. The number of carbonyl (C=O) groups excluding carboxylic acids is 1. The van der Waals surface area contributed by atoms with Gasteiger partial charge in [-0.2, -0.15) is 0 Å². The molecule has 0 N–H and O–H groups in total. The first-order valence-electron chi connectivity index (χ1n) is 10.4. The fourth-order valence-electron chi connectivity index (χ4n) is 4.38. The molecule has 1 aliphatic heterocycles. The molecule has 1 aliphatic rings. The minimum Gasteiger partial charge on any atom is -0.444 e. The van der Waals surface area contributed by atoms with Gasteiger partial charge in [-0.1, -0.05) is 48.6 Å². The van der Waals surface area contributed by atoms with Crippen molar-refractivity contribution in [2.75, 3.05) is 11.4 Å². The smallest absolute Gasteiger partial charge is 0.415 e. The third kappa shape index (κ3) is 4.38. The van der Waals surface area contributed by atoms with Crippen LogP contribution < -0.4 is 10.5 Å². The minimum atomic E-state index is -0.614. The zero-order chi connectivity index (χ0) is 22.4. The van der Waals surface area contributed by atoms with Crippen LogP contribution in [0.4, 0.5) is 10.5 Å². The molecule has 0 fully saturated rings. The third-order valence-corrected chi connectivity index (χ3v) is 5.67. The fraction of sp³-hybridized carbons (Fsp3) is 0.320. The van der Waals surface area contributed by atoms with Crippen LogP contribution >= 0.6 is 0 Å². The molecule has 0 bridgehead atoms. The second kappa shape index (κ2) is 9.60. The number of carbonyl (C=O) groups is 1. The predicted octanol–water partition coefficient (Wildman–Crippen LogP) is 4.93. The van der Waals surface area contributed by atoms with Crippen molar-refractivity contribution in [3.8, 4) is 0 Å². The average Bonchev–Trinajstić information content (AvgIpc) is 3.04. The molecule has 162 valence electrons. The fourth-order valence-corrected chi connectivity index (χ4v) is 4.38. The van der Waals surface area contributed by atoms with E-state index in [0.29, 0.717) is 18.7 Å². The Hall–Kier alpha value is -3.41. The van der Waals surface area contributed by atoms with Crippen molar-refractivity contribution >= 4 is 11.8 Å². The maximum absolute atomic E-state index is 13.5. The Labute approximate surface area is 183 Å². The minimum absolute atomic E-state index is 0.0548. The van der Waals surface area contributed by atoms with Crippen molar-refractivity contribution in [2.45, 2.75) is 44.2 Å². The molecule has 0 saturated carbocycles. The highest BCUT2D eigenvalue weighted by Crippen LogP contribution is 2.44. The largest absolute Gasteiger partial charge is 0.444 e. The van der Waals surface area contributed by atoms with Gasteiger partial charge in [-0.15, -0.1) is 19.7 Å². The van der Waals surface area contributed by atoms with Crippen LogP contribution in [0.15, 0.2) is 79.3 Å². The Morgan fingerprint density at radius 1 is 1.23 bits per heavy atom. The Morgan fingerprint density at radius 3 is 2.52 bits per heavy atom. The number of hydrogen-bond donors (Lipinski definition) is 0. The Balaban J connectivity index is 1.95. The van der Waals surface area contributed by atoms with Crippen LogP contribution in [0.3, 0.4) is 0 Å². The lowest BCUT2D eigenvalue weighted by atomic mass is 9.78. The number of nitrogens with zero attached hydrogens (tertiary/aromatic N) is 3. The van der Waals surface area contributed by atoms with E-state index >= 15 is 0 Å². The van der Waals surface area contributed by atoms with Crippen molar-refractivity contribution in [2.24, 2.45) is 0 Å². The van der Waals surface area contributed by atoms with E-state index < -0.39 is 6.09 Å². The molecule has 1 aromatic heterocycles. The second-order valence-corrected chi connectivity index (χ2v) is 7.90. The molecule has 1 amide bonds. The first-order valence-corrected chi connectivity index (χ1v) is 10.4. The molecule has 3 rings (SSSR count). The number of rotatable bonds is 9. The molecule has 0 spiro atoms. The van der Waals surface area contributed by atoms with E-state index in [1.165, 1.54) is 11.1 Å². The van der Waals surface area contributed by atoms with E-state index in [0.717, 1.165) is 12.0 Å². The first-order chi connectivity index (χ1) is 15.0. The SMILES string of the molecule is C=CCN(C(=O)OCc1ccccc1)c1cnc2n(c1=O)[C@H](C)CC2(CC=C)CC=C. The summed E-state index contributed by atoms with van der Waals surface area (Å²) in [6.45, 7) is 13.7. The molecule has 2 heterocycles. The lowest BCUT2D eigenvalue weighted by Gasteiger charge is -2.26. The van der Waals surface area contributed by atoms with Crippen molar-refractivity contribution < 1.29 is 9.53 Å². The standard InChI is InChI=1S/C25H29N3O3/c1-5-13-25(14-6-2)16-19(4)28-22(29)21(17-26-23(25)28)27(15-7-3)24(30)31-18-20-11-9-8-10-12-20/h5-12,17,19H,1-3,13-16,18H2,4H3/t19-/m1/s1. The van der Waals surface area contributed by atoms with Crippen LogP contribution in [0.1, 0.15) is 43.6 Å². The summed E-state index contributed by atoms with van der Waals surface area (Å²) in [4.78, 5) is 32.2. The van der Waals surface area contributed by atoms with E-state index in [4.69, 9.17) is 4.74 Å². The average molecular weight is 420 g/mol. The molecule has 1 atom stereocenters. The number of benzene rings is 1. The summed E-state index contributed by atoms with van der Waals surface area (Å²) < 4.78 is 7.15. The number of fused-ring (bicyclic) bond motifs is 1. The molecule has 6 nitrogen and oxygen atoms in total. The molecule has 2 aromatic rings. The quantitative estimate of drug-likeness (QED) is 0.541. The number of amides is 1. The lowest BCUT2D eigenvalue weighted by molar-refractivity contribution is 0.147. The molecule has 0 aliphatic carbocycles. The van der Waals surface area contributed by atoms with Gasteiger partial charge in [0, 0.05) is 18.0 Å². The number of ether oxygens (including phenoxy) is 1. The van der Waals surface area contributed by atoms with Gasteiger partial charge in [-0.25, -0.2) is 9.78 Å². The summed E-state index contributed by atoms with van der Waals surface area (Å²) in [6.07, 6.45) is 8.29. The predicted molar refractivity (Wildman–Crippen MR) is 123 cm³/mol. The topological polar surface area (TPSA) is 64.4 Å². The maximum atomic E-state index is 13.5. The Bertz CT molecular complexity index is 1020. The van der Waals surface area contributed by atoms with Gasteiger partial charge in [-0.05, 0) is 31.7 Å². The van der Waals surface area contributed by atoms with Gasteiger partial charge in [0.2, 0.25) is 0 Å². The second-order valence-electron chi connectivity index (χ2n) is 7.90. The molecular formula is C25H29N3O3. The van der Waals surface area contributed by atoms with E-state index in [1.807, 2.05) is 49.4 Å². The van der Waals surface area contributed by atoms with Gasteiger partial charge in [0.1, 0.15) is 18.1 Å². The van der Waals surface area contributed by atoms with Crippen molar-refractivity contribution in [1.82, 2.24) is 9.55 Å². The Kier molecular flexibility index (Phi) is 6.90. The monoisotopic (exact) mass is 419 g/mol. The van der Waals surface area contributed by atoms with Crippen LogP contribution in [0, 0.1) is 0 Å². The van der Waals surface area contributed by atoms with E-state index in [9.17, 15) is 9.59 Å². The number of allylic oxidation sites excluding steroid dienone is 2. The molecule has 1 aromatic carbocycles. The lowest BCUT2D eigenvalue weighted by Crippen LogP contribution is -2.39. The van der Waals surface area contributed by atoms with E-state index in [-0.39, 0.29) is 35.9 Å². The molecule has 0 saturated heterocycles. The van der Waals surface area contributed by atoms with Gasteiger partial charge in [-0.3, -0.25) is 14.3 Å².